The minimum absolute atomic E-state index is 0.145. The monoisotopic (exact) mass is 355 g/mol. The van der Waals surface area contributed by atoms with Crippen LogP contribution in [0.25, 0.3) is 0 Å². The van der Waals surface area contributed by atoms with Crippen molar-refractivity contribution in [1.29, 1.82) is 0 Å². The molecule has 1 heterocycles. The van der Waals surface area contributed by atoms with Gasteiger partial charge in [0.15, 0.2) is 0 Å². The molecule has 146 valence electrons. The lowest BCUT2D eigenvalue weighted by Crippen LogP contribution is -2.44. The van der Waals surface area contributed by atoms with Crippen molar-refractivity contribution in [2.75, 3.05) is 45.9 Å². The Kier molecular flexibility index (Phi) is 10.4. The summed E-state index contributed by atoms with van der Waals surface area (Å²) in [5, 5.41) is 1.67. The van der Waals surface area contributed by atoms with Crippen LogP contribution in [-0.4, -0.2) is 67.9 Å². The van der Waals surface area contributed by atoms with Gasteiger partial charge in [-0.2, -0.15) is 0 Å². The number of carbonyl (C=O) groups is 1. The van der Waals surface area contributed by atoms with Gasteiger partial charge < -0.3 is 10.5 Å². The normalized spacial score (nSPS) is 19.9. The first-order valence-corrected chi connectivity index (χ1v) is 10.3. The highest BCUT2D eigenvalue weighted by Crippen LogP contribution is 2.22. The van der Waals surface area contributed by atoms with E-state index in [1.54, 1.807) is 5.06 Å². The molecule has 0 unspecified atom stereocenters. The zero-order valence-electron chi connectivity index (χ0n) is 15.8. The smallest absolute Gasteiger partial charge is 0.246 e. The van der Waals surface area contributed by atoms with Crippen molar-refractivity contribution >= 4 is 5.91 Å². The molecule has 6 heteroatoms. The number of morpholine rings is 1. The predicted octanol–water partition coefficient (Wildman–Crippen LogP) is 2.32. The first-order chi connectivity index (χ1) is 12.3. The Bertz CT molecular complexity index is 356. The van der Waals surface area contributed by atoms with Crippen molar-refractivity contribution in [2.24, 2.45) is 5.73 Å². The fraction of sp³-hybridized carbons (Fsp3) is 0.947. The van der Waals surface area contributed by atoms with Gasteiger partial charge in [0.2, 0.25) is 5.91 Å². The van der Waals surface area contributed by atoms with Crippen LogP contribution >= 0.6 is 0 Å². The Hall–Kier alpha value is -0.690. The third kappa shape index (κ3) is 8.49. The van der Waals surface area contributed by atoms with E-state index in [-0.39, 0.29) is 12.0 Å². The highest BCUT2D eigenvalue weighted by Gasteiger charge is 2.22. The molecule has 0 aromatic carbocycles. The van der Waals surface area contributed by atoms with E-state index in [2.05, 4.69) is 4.90 Å². The first kappa shape index (κ1) is 20.6. The number of ether oxygens (including phenoxy) is 1. The van der Waals surface area contributed by atoms with Crippen LogP contribution < -0.4 is 5.73 Å². The van der Waals surface area contributed by atoms with Crippen LogP contribution in [0.2, 0.25) is 0 Å². The number of nitrogens with zero attached hydrogens (tertiary/aromatic N) is 2. The summed E-state index contributed by atoms with van der Waals surface area (Å²) in [7, 11) is 0. The molecular weight excluding hydrogens is 318 g/mol. The van der Waals surface area contributed by atoms with E-state index in [1.165, 1.54) is 19.3 Å². The Morgan fingerprint density at radius 2 is 1.80 bits per heavy atom. The zero-order valence-corrected chi connectivity index (χ0v) is 15.8. The molecule has 1 aliphatic heterocycles. The number of rotatable bonds is 11. The average molecular weight is 356 g/mol. The first-order valence-electron chi connectivity index (χ1n) is 10.3. The number of hydrogen-bond acceptors (Lipinski definition) is 5. The van der Waals surface area contributed by atoms with Crippen LogP contribution in [0, 0.1) is 0 Å². The Morgan fingerprint density at radius 3 is 2.52 bits per heavy atom. The summed E-state index contributed by atoms with van der Waals surface area (Å²) in [5.74, 6) is 0.145. The second-order valence-electron chi connectivity index (χ2n) is 7.27. The SMILES string of the molecule is NCCCCCCC(=O)N(CCN1CCOCC1)OC1CCCCC1. The molecule has 0 spiro atoms. The summed E-state index contributed by atoms with van der Waals surface area (Å²) >= 11 is 0. The summed E-state index contributed by atoms with van der Waals surface area (Å²) in [6, 6.07) is 0. The number of unbranched alkanes of at least 4 members (excludes halogenated alkanes) is 3. The molecule has 0 radical (unpaired) electrons. The van der Waals surface area contributed by atoms with Gasteiger partial charge in [0.25, 0.3) is 0 Å². The molecule has 0 aromatic heterocycles. The van der Waals surface area contributed by atoms with E-state index >= 15 is 0 Å². The van der Waals surface area contributed by atoms with Crippen LogP contribution in [0.4, 0.5) is 0 Å². The van der Waals surface area contributed by atoms with Gasteiger partial charge in [-0.1, -0.05) is 32.1 Å². The van der Waals surface area contributed by atoms with Gasteiger partial charge in [-0.05, 0) is 32.2 Å². The van der Waals surface area contributed by atoms with E-state index in [1.807, 2.05) is 0 Å². The van der Waals surface area contributed by atoms with Gasteiger partial charge in [-0.25, -0.2) is 5.06 Å². The third-order valence-electron chi connectivity index (χ3n) is 5.17. The summed E-state index contributed by atoms with van der Waals surface area (Å²) in [5.41, 5.74) is 5.52. The Balaban J connectivity index is 1.75. The molecule has 2 aliphatic rings. The van der Waals surface area contributed by atoms with Crippen molar-refractivity contribution in [3.05, 3.63) is 0 Å². The van der Waals surface area contributed by atoms with Crippen LogP contribution in [0.1, 0.15) is 64.2 Å². The van der Waals surface area contributed by atoms with Gasteiger partial charge in [0.05, 0.1) is 25.9 Å². The third-order valence-corrected chi connectivity index (χ3v) is 5.17. The minimum Gasteiger partial charge on any atom is -0.379 e. The van der Waals surface area contributed by atoms with Crippen LogP contribution in [-0.2, 0) is 14.4 Å². The summed E-state index contributed by atoms with van der Waals surface area (Å²) < 4.78 is 5.40. The van der Waals surface area contributed by atoms with Gasteiger partial charge in [0.1, 0.15) is 0 Å². The van der Waals surface area contributed by atoms with E-state index < -0.39 is 0 Å². The number of nitrogens with two attached hydrogens (primary N) is 1. The molecule has 6 nitrogen and oxygen atoms in total. The molecule has 0 bridgehead atoms. The van der Waals surface area contributed by atoms with Crippen LogP contribution in [0.5, 0.6) is 0 Å². The van der Waals surface area contributed by atoms with E-state index in [0.717, 1.165) is 77.9 Å². The molecule has 2 rings (SSSR count). The fourth-order valence-corrected chi connectivity index (χ4v) is 3.54. The summed E-state index contributed by atoms with van der Waals surface area (Å²) in [6.45, 7) is 5.75. The number of hydrogen-bond donors (Lipinski definition) is 1. The molecule has 2 N–H and O–H groups in total. The molecule has 0 aromatic rings. The second-order valence-corrected chi connectivity index (χ2v) is 7.27. The molecule has 0 atom stereocenters. The topological polar surface area (TPSA) is 68.0 Å². The van der Waals surface area contributed by atoms with Crippen molar-refractivity contribution in [3.8, 4) is 0 Å². The van der Waals surface area contributed by atoms with Crippen molar-refractivity contribution < 1.29 is 14.4 Å². The number of hydroxylamine groups is 2. The van der Waals surface area contributed by atoms with Crippen molar-refractivity contribution in [1.82, 2.24) is 9.96 Å². The van der Waals surface area contributed by atoms with Crippen LogP contribution in [0.15, 0.2) is 0 Å². The van der Waals surface area contributed by atoms with Crippen LogP contribution in [0.3, 0.4) is 0 Å². The van der Waals surface area contributed by atoms with Crippen molar-refractivity contribution in [2.45, 2.75) is 70.3 Å². The maximum absolute atomic E-state index is 12.7. The quantitative estimate of drug-likeness (QED) is 0.455. The highest BCUT2D eigenvalue weighted by molar-refractivity contribution is 5.75. The fourth-order valence-electron chi connectivity index (χ4n) is 3.54. The van der Waals surface area contributed by atoms with Gasteiger partial charge in [-0.15, -0.1) is 0 Å². The standard InChI is InChI=1S/C19H37N3O3/c20-11-7-2-1-6-10-19(23)22(25-18-8-4-3-5-9-18)13-12-21-14-16-24-17-15-21/h18H,1-17,20H2. The lowest BCUT2D eigenvalue weighted by atomic mass is 9.98. The van der Waals surface area contributed by atoms with E-state index in [4.69, 9.17) is 15.3 Å². The number of amides is 1. The van der Waals surface area contributed by atoms with Crippen molar-refractivity contribution in [3.63, 3.8) is 0 Å². The minimum atomic E-state index is 0.145. The van der Waals surface area contributed by atoms with Gasteiger partial charge in [0, 0.05) is 26.1 Å². The molecule has 25 heavy (non-hydrogen) atoms. The Labute approximate surface area is 152 Å². The second kappa shape index (κ2) is 12.6. The maximum Gasteiger partial charge on any atom is 0.246 e. The summed E-state index contributed by atoms with van der Waals surface area (Å²) in [4.78, 5) is 21.1. The molecule has 1 saturated heterocycles. The number of carbonyl (C=O) groups excluding carboxylic acids is 1. The molecule has 1 aliphatic carbocycles. The van der Waals surface area contributed by atoms with Gasteiger partial charge in [-0.3, -0.25) is 14.5 Å². The average Bonchev–Trinajstić information content (AvgIpc) is 2.66. The molecule has 2 fully saturated rings. The summed E-state index contributed by atoms with van der Waals surface area (Å²) in [6.07, 6.45) is 10.9. The lowest BCUT2D eigenvalue weighted by molar-refractivity contribution is -0.212. The highest BCUT2D eigenvalue weighted by atomic mass is 16.7. The van der Waals surface area contributed by atoms with E-state index in [9.17, 15) is 4.79 Å². The maximum atomic E-state index is 12.7. The molecule has 1 saturated carbocycles. The molecule has 1 amide bonds. The van der Waals surface area contributed by atoms with E-state index in [0.29, 0.717) is 13.0 Å². The van der Waals surface area contributed by atoms with Gasteiger partial charge >= 0.3 is 0 Å². The predicted molar refractivity (Wildman–Crippen MR) is 99.1 cm³/mol. The lowest BCUT2D eigenvalue weighted by Gasteiger charge is -2.32. The largest absolute Gasteiger partial charge is 0.379 e. The zero-order chi connectivity index (χ0) is 17.7. The Morgan fingerprint density at radius 1 is 1.08 bits per heavy atom. The molecular formula is C19H37N3O3.